The van der Waals surface area contributed by atoms with Crippen molar-refractivity contribution < 1.29 is 9.21 Å². The Morgan fingerprint density at radius 3 is 2.95 bits per heavy atom. The molecule has 1 atom stereocenters. The lowest BCUT2D eigenvalue weighted by atomic mass is 10.2. The third kappa shape index (κ3) is 2.84. The highest BCUT2D eigenvalue weighted by Crippen LogP contribution is 2.19. The summed E-state index contributed by atoms with van der Waals surface area (Å²) < 4.78 is 7.49. The summed E-state index contributed by atoms with van der Waals surface area (Å²) in [5, 5.41) is 11.4. The minimum atomic E-state index is -0.221. The molecule has 0 saturated carbocycles. The SMILES string of the molecule is Cc1ccc(C(=O)NC(C)c2nnc3n2CCCCC3)o1. The molecule has 3 rings (SSSR count). The van der Waals surface area contributed by atoms with E-state index in [4.69, 9.17) is 4.42 Å². The van der Waals surface area contributed by atoms with Crippen LogP contribution in [0.15, 0.2) is 16.5 Å². The fraction of sp³-hybridized carbons (Fsp3) is 0.533. The summed E-state index contributed by atoms with van der Waals surface area (Å²) in [5.74, 6) is 2.68. The molecule has 3 heterocycles. The molecular weight excluding hydrogens is 268 g/mol. The molecule has 0 fully saturated rings. The van der Waals surface area contributed by atoms with Crippen LogP contribution in [0.5, 0.6) is 0 Å². The lowest BCUT2D eigenvalue weighted by molar-refractivity contribution is 0.0908. The van der Waals surface area contributed by atoms with Crippen LogP contribution in [0, 0.1) is 6.92 Å². The lowest BCUT2D eigenvalue weighted by Crippen LogP contribution is -2.28. The molecule has 21 heavy (non-hydrogen) atoms. The first kappa shape index (κ1) is 13.9. The van der Waals surface area contributed by atoms with Gasteiger partial charge in [0.2, 0.25) is 0 Å². The largest absolute Gasteiger partial charge is 0.456 e. The molecule has 0 radical (unpaired) electrons. The minimum absolute atomic E-state index is 0.192. The van der Waals surface area contributed by atoms with Crippen LogP contribution < -0.4 is 5.32 Å². The molecule has 1 amide bonds. The number of rotatable bonds is 3. The number of hydrogen-bond acceptors (Lipinski definition) is 4. The van der Waals surface area contributed by atoms with Crippen molar-refractivity contribution in [3.8, 4) is 0 Å². The van der Waals surface area contributed by atoms with E-state index in [0.29, 0.717) is 5.76 Å². The van der Waals surface area contributed by atoms with Gasteiger partial charge >= 0.3 is 0 Å². The van der Waals surface area contributed by atoms with Crippen molar-refractivity contribution in [2.24, 2.45) is 0 Å². The first-order chi connectivity index (χ1) is 10.1. The molecule has 2 aromatic heterocycles. The lowest BCUT2D eigenvalue weighted by Gasteiger charge is -2.14. The molecule has 1 unspecified atom stereocenters. The Balaban J connectivity index is 1.75. The van der Waals surface area contributed by atoms with Crippen LogP contribution >= 0.6 is 0 Å². The fourth-order valence-corrected chi connectivity index (χ4v) is 2.72. The first-order valence-corrected chi connectivity index (χ1v) is 7.44. The van der Waals surface area contributed by atoms with Crippen LogP contribution in [0.2, 0.25) is 0 Å². The van der Waals surface area contributed by atoms with Gasteiger partial charge in [-0.15, -0.1) is 10.2 Å². The van der Waals surface area contributed by atoms with Gasteiger partial charge in [0.05, 0.1) is 6.04 Å². The van der Waals surface area contributed by atoms with E-state index in [-0.39, 0.29) is 11.9 Å². The van der Waals surface area contributed by atoms with E-state index in [0.717, 1.165) is 43.2 Å². The van der Waals surface area contributed by atoms with Crippen molar-refractivity contribution in [1.29, 1.82) is 0 Å². The average molecular weight is 288 g/mol. The number of hydrogen-bond donors (Lipinski definition) is 1. The first-order valence-electron chi connectivity index (χ1n) is 7.44. The van der Waals surface area contributed by atoms with E-state index < -0.39 is 0 Å². The molecule has 6 nitrogen and oxygen atoms in total. The molecule has 1 aliphatic rings. The van der Waals surface area contributed by atoms with Gasteiger partial charge in [0.15, 0.2) is 11.6 Å². The molecule has 6 heteroatoms. The van der Waals surface area contributed by atoms with Crippen molar-refractivity contribution in [2.45, 2.75) is 52.1 Å². The average Bonchev–Trinajstić information content (AvgIpc) is 2.99. The highest BCUT2D eigenvalue weighted by Gasteiger charge is 2.21. The predicted molar refractivity (Wildman–Crippen MR) is 76.9 cm³/mol. The number of fused-ring (bicyclic) bond motifs is 1. The molecule has 0 saturated heterocycles. The Hall–Kier alpha value is -2.11. The molecule has 0 spiro atoms. The Bertz CT molecular complexity index is 644. The van der Waals surface area contributed by atoms with Gasteiger partial charge in [-0.1, -0.05) is 6.42 Å². The maximum atomic E-state index is 12.1. The smallest absolute Gasteiger partial charge is 0.287 e. The number of amides is 1. The summed E-state index contributed by atoms with van der Waals surface area (Å²) in [6, 6.07) is 3.27. The van der Waals surface area contributed by atoms with Gasteiger partial charge in [0.1, 0.15) is 11.6 Å². The highest BCUT2D eigenvalue weighted by atomic mass is 16.3. The van der Waals surface area contributed by atoms with Crippen molar-refractivity contribution in [3.63, 3.8) is 0 Å². The monoisotopic (exact) mass is 288 g/mol. The van der Waals surface area contributed by atoms with Crippen LogP contribution in [0.25, 0.3) is 0 Å². The summed E-state index contributed by atoms with van der Waals surface area (Å²) in [5.41, 5.74) is 0. The summed E-state index contributed by atoms with van der Waals surface area (Å²) in [6.45, 7) is 4.67. The van der Waals surface area contributed by atoms with Crippen LogP contribution in [0.1, 0.15) is 60.2 Å². The minimum Gasteiger partial charge on any atom is -0.456 e. The Labute approximate surface area is 123 Å². The van der Waals surface area contributed by atoms with Gasteiger partial charge in [0, 0.05) is 13.0 Å². The zero-order valence-corrected chi connectivity index (χ0v) is 12.4. The van der Waals surface area contributed by atoms with E-state index in [1.807, 2.05) is 13.8 Å². The number of nitrogens with one attached hydrogen (secondary N) is 1. The van der Waals surface area contributed by atoms with Crippen molar-refractivity contribution in [1.82, 2.24) is 20.1 Å². The molecule has 0 aromatic carbocycles. The Morgan fingerprint density at radius 2 is 2.19 bits per heavy atom. The molecule has 2 aromatic rings. The van der Waals surface area contributed by atoms with Crippen LogP contribution in [-0.2, 0) is 13.0 Å². The summed E-state index contributed by atoms with van der Waals surface area (Å²) in [7, 11) is 0. The highest BCUT2D eigenvalue weighted by molar-refractivity contribution is 5.91. The normalized spacial score (nSPS) is 16.1. The van der Waals surface area contributed by atoms with Gasteiger partial charge in [-0.2, -0.15) is 0 Å². The van der Waals surface area contributed by atoms with Crippen LogP contribution in [-0.4, -0.2) is 20.7 Å². The van der Waals surface area contributed by atoms with Crippen LogP contribution in [0.4, 0.5) is 0 Å². The zero-order chi connectivity index (χ0) is 14.8. The van der Waals surface area contributed by atoms with Gasteiger partial charge < -0.3 is 14.3 Å². The number of aromatic nitrogens is 3. The van der Waals surface area contributed by atoms with Gasteiger partial charge in [-0.3, -0.25) is 4.79 Å². The van der Waals surface area contributed by atoms with E-state index in [2.05, 4.69) is 20.1 Å². The second-order valence-corrected chi connectivity index (χ2v) is 5.54. The van der Waals surface area contributed by atoms with Gasteiger partial charge in [-0.05, 0) is 38.8 Å². The fourth-order valence-electron chi connectivity index (χ4n) is 2.72. The van der Waals surface area contributed by atoms with E-state index in [1.54, 1.807) is 12.1 Å². The predicted octanol–water partition coefficient (Wildman–Crippen LogP) is 2.40. The molecule has 1 aliphatic heterocycles. The summed E-state index contributed by atoms with van der Waals surface area (Å²) >= 11 is 0. The van der Waals surface area contributed by atoms with Crippen molar-refractivity contribution >= 4 is 5.91 Å². The zero-order valence-electron chi connectivity index (χ0n) is 12.4. The Kier molecular flexibility index (Phi) is 3.77. The van der Waals surface area contributed by atoms with Gasteiger partial charge in [0.25, 0.3) is 5.91 Å². The maximum Gasteiger partial charge on any atom is 0.287 e. The third-order valence-corrected chi connectivity index (χ3v) is 3.84. The van der Waals surface area contributed by atoms with Crippen LogP contribution in [0.3, 0.4) is 0 Å². The maximum absolute atomic E-state index is 12.1. The van der Waals surface area contributed by atoms with E-state index >= 15 is 0 Å². The number of aryl methyl sites for hydroxylation is 2. The van der Waals surface area contributed by atoms with Crippen molar-refractivity contribution in [3.05, 3.63) is 35.3 Å². The topological polar surface area (TPSA) is 73.0 Å². The van der Waals surface area contributed by atoms with Crippen molar-refractivity contribution in [2.75, 3.05) is 0 Å². The summed E-state index contributed by atoms with van der Waals surface area (Å²) in [4.78, 5) is 12.1. The standard InChI is InChI=1S/C15H20N4O2/c1-10-7-8-12(21-10)15(20)16-11(2)14-18-17-13-6-4-3-5-9-19(13)14/h7-8,11H,3-6,9H2,1-2H3,(H,16,20). The second-order valence-electron chi connectivity index (χ2n) is 5.54. The Morgan fingerprint density at radius 1 is 1.33 bits per heavy atom. The molecule has 1 N–H and O–H groups in total. The second kappa shape index (κ2) is 5.71. The van der Waals surface area contributed by atoms with E-state index in [9.17, 15) is 4.79 Å². The third-order valence-electron chi connectivity index (χ3n) is 3.84. The molecule has 0 bridgehead atoms. The number of carbonyl (C=O) groups excluding carboxylic acids is 1. The number of nitrogens with zero attached hydrogens (tertiary/aromatic N) is 3. The molecule has 112 valence electrons. The molecular formula is C15H20N4O2. The number of carbonyl (C=O) groups is 1. The quantitative estimate of drug-likeness (QED) is 0.941. The van der Waals surface area contributed by atoms with E-state index in [1.165, 1.54) is 6.42 Å². The summed E-state index contributed by atoms with van der Waals surface area (Å²) in [6.07, 6.45) is 4.47. The van der Waals surface area contributed by atoms with Gasteiger partial charge in [-0.25, -0.2) is 0 Å². The molecule has 0 aliphatic carbocycles. The number of furan rings is 1.